The molecular formula is C8H9NO4. The zero-order valence-corrected chi connectivity index (χ0v) is 7.00. The largest absolute Gasteiger partial charge is 0.481 e. The van der Waals surface area contributed by atoms with E-state index in [1.807, 2.05) is 0 Å². The first-order valence-corrected chi connectivity index (χ1v) is 3.64. The minimum Gasteiger partial charge on any atom is -0.481 e. The lowest BCUT2D eigenvalue weighted by molar-refractivity contribution is -0.136. The zero-order chi connectivity index (χ0) is 10.0. The Bertz CT molecular complexity index is 353. The number of carbonyl (C=O) groups is 2. The van der Waals surface area contributed by atoms with Gasteiger partial charge in [-0.3, -0.25) is 4.79 Å². The van der Waals surface area contributed by atoms with Gasteiger partial charge in [-0.1, -0.05) is 0 Å². The number of hydrogen-bond acceptors (Lipinski definition) is 2. The van der Waals surface area contributed by atoms with Crippen LogP contribution in [0.25, 0.3) is 0 Å². The Labute approximate surface area is 74.0 Å². The van der Waals surface area contributed by atoms with Crippen molar-refractivity contribution in [3.8, 4) is 0 Å². The predicted octanol–water partition coefficient (Wildman–Crippen LogP) is 0.648. The van der Waals surface area contributed by atoms with Crippen LogP contribution in [0.4, 0.5) is 0 Å². The number of H-pyrrole nitrogens is 1. The van der Waals surface area contributed by atoms with Gasteiger partial charge in [-0.25, -0.2) is 4.79 Å². The number of hydrogen-bond donors (Lipinski definition) is 3. The van der Waals surface area contributed by atoms with Gasteiger partial charge in [-0.15, -0.1) is 0 Å². The third-order valence-corrected chi connectivity index (χ3v) is 1.63. The van der Waals surface area contributed by atoms with Crippen LogP contribution in [-0.4, -0.2) is 27.1 Å². The highest BCUT2D eigenvalue weighted by Gasteiger charge is 2.12. The van der Waals surface area contributed by atoms with Gasteiger partial charge >= 0.3 is 11.9 Å². The van der Waals surface area contributed by atoms with Crippen LogP contribution in [-0.2, 0) is 11.2 Å². The van der Waals surface area contributed by atoms with Crippen molar-refractivity contribution in [2.24, 2.45) is 0 Å². The van der Waals surface area contributed by atoms with Gasteiger partial charge in [-0.05, 0) is 18.6 Å². The third kappa shape index (κ3) is 2.08. The number of aryl methyl sites for hydroxylation is 1. The first-order chi connectivity index (χ1) is 6.00. The summed E-state index contributed by atoms with van der Waals surface area (Å²) in [5, 5.41) is 17.1. The maximum atomic E-state index is 10.5. The molecule has 0 spiro atoms. The highest BCUT2D eigenvalue weighted by atomic mass is 16.4. The summed E-state index contributed by atoms with van der Waals surface area (Å²) >= 11 is 0. The van der Waals surface area contributed by atoms with Crippen molar-refractivity contribution in [2.45, 2.75) is 13.3 Å². The average molecular weight is 183 g/mol. The number of carboxylic acid groups (broad SMARTS) is 2. The lowest BCUT2D eigenvalue weighted by Gasteiger charge is -1.90. The molecule has 1 aromatic rings. The molecule has 1 aromatic heterocycles. The molecule has 0 atom stereocenters. The monoisotopic (exact) mass is 183 g/mol. The van der Waals surface area contributed by atoms with E-state index in [2.05, 4.69) is 4.98 Å². The summed E-state index contributed by atoms with van der Waals surface area (Å²) < 4.78 is 0. The minimum absolute atomic E-state index is 0.0521. The summed E-state index contributed by atoms with van der Waals surface area (Å²) in [6.45, 7) is 1.62. The molecule has 0 saturated heterocycles. The quantitative estimate of drug-likeness (QED) is 0.641. The number of nitrogens with one attached hydrogen (secondary N) is 1. The van der Waals surface area contributed by atoms with Crippen LogP contribution in [0.3, 0.4) is 0 Å². The normalized spacial score (nSPS) is 9.92. The lowest BCUT2D eigenvalue weighted by atomic mass is 10.2. The van der Waals surface area contributed by atoms with Crippen molar-refractivity contribution in [3.63, 3.8) is 0 Å². The molecule has 70 valence electrons. The van der Waals surface area contributed by atoms with E-state index in [1.54, 1.807) is 6.92 Å². The van der Waals surface area contributed by atoms with Gasteiger partial charge in [0.1, 0.15) is 5.69 Å². The Morgan fingerprint density at radius 3 is 2.46 bits per heavy atom. The predicted molar refractivity (Wildman–Crippen MR) is 43.8 cm³/mol. The first kappa shape index (κ1) is 9.31. The summed E-state index contributed by atoms with van der Waals surface area (Å²) in [7, 11) is 0. The fourth-order valence-corrected chi connectivity index (χ4v) is 1.11. The van der Waals surface area contributed by atoms with Gasteiger partial charge in [0.15, 0.2) is 0 Å². The SMILES string of the molecule is Cc1cc(CC(=O)O)[nH]c1C(=O)O. The molecule has 0 radical (unpaired) electrons. The second kappa shape index (κ2) is 3.30. The number of rotatable bonds is 3. The molecule has 0 amide bonds. The number of aromatic amines is 1. The number of carboxylic acids is 2. The summed E-state index contributed by atoms with van der Waals surface area (Å²) in [5.41, 5.74) is 1.00. The van der Waals surface area contributed by atoms with Crippen LogP contribution >= 0.6 is 0 Å². The second-order valence-electron chi connectivity index (χ2n) is 2.73. The Kier molecular flexibility index (Phi) is 2.36. The standard InChI is InChI=1S/C8H9NO4/c1-4-2-5(3-6(10)11)9-7(4)8(12)13/h2,9H,3H2,1H3,(H,10,11)(H,12,13). The Morgan fingerprint density at radius 2 is 2.08 bits per heavy atom. The number of aromatic nitrogens is 1. The summed E-state index contributed by atoms with van der Waals surface area (Å²) in [6, 6.07) is 1.53. The molecule has 0 bridgehead atoms. The van der Waals surface area contributed by atoms with Gasteiger partial charge in [0.2, 0.25) is 0 Å². The molecule has 0 aliphatic carbocycles. The Balaban J connectivity index is 2.95. The maximum absolute atomic E-state index is 10.5. The van der Waals surface area contributed by atoms with Crippen molar-refractivity contribution in [1.82, 2.24) is 4.98 Å². The average Bonchev–Trinajstić information content (AvgIpc) is 2.29. The highest BCUT2D eigenvalue weighted by Crippen LogP contribution is 2.10. The van der Waals surface area contributed by atoms with E-state index in [0.717, 1.165) is 0 Å². The van der Waals surface area contributed by atoms with E-state index in [1.165, 1.54) is 6.07 Å². The summed E-state index contributed by atoms with van der Waals surface area (Å²) in [5.74, 6) is -2.06. The molecule has 0 saturated carbocycles. The molecule has 1 heterocycles. The molecule has 3 N–H and O–H groups in total. The zero-order valence-electron chi connectivity index (χ0n) is 7.00. The van der Waals surface area contributed by atoms with E-state index in [9.17, 15) is 9.59 Å². The summed E-state index contributed by atoms with van der Waals surface area (Å²) in [4.78, 5) is 23.4. The fourth-order valence-electron chi connectivity index (χ4n) is 1.11. The van der Waals surface area contributed by atoms with Gasteiger partial charge in [-0.2, -0.15) is 0 Å². The van der Waals surface area contributed by atoms with Crippen LogP contribution in [0, 0.1) is 6.92 Å². The fraction of sp³-hybridized carbons (Fsp3) is 0.250. The molecule has 0 unspecified atom stereocenters. The van der Waals surface area contributed by atoms with E-state index in [-0.39, 0.29) is 12.1 Å². The van der Waals surface area contributed by atoms with Crippen LogP contribution in [0.5, 0.6) is 0 Å². The van der Waals surface area contributed by atoms with Crippen LogP contribution in [0.2, 0.25) is 0 Å². The molecule has 13 heavy (non-hydrogen) atoms. The Morgan fingerprint density at radius 1 is 1.46 bits per heavy atom. The van der Waals surface area contributed by atoms with Gasteiger partial charge in [0.25, 0.3) is 0 Å². The maximum Gasteiger partial charge on any atom is 0.352 e. The van der Waals surface area contributed by atoms with Gasteiger partial charge in [0, 0.05) is 5.69 Å². The first-order valence-electron chi connectivity index (χ1n) is 3.64. The van der Waals surface area contributed by atoms with Crippen molar-refractivity contribution >= 4 is 11.9 Å². The molecule has 5 heteroatoms. The molecular weight excluding hydrogens is 174 g/mol. The van der Waals surface area contributed by atoms with Crippen molar-refractivity contribution in [2.75, 3.05) is 0 Å². The number of aliphatic carboxylic acids is 1. The second-order valence-corrected chi connectivity index (χ2v) is 2.73. The third-order valence-electron chi connectivity index (χ3n) is 1.63. The molecule has 0 fully saturated rings. The van der Waals surface area contributed by atoms with Gasteiger partial charge < -0.3 is 15.2 Å². The molecule has 5 nitrogen and oxygen atoms in total. The van der Waals surface area contributed by atoms with E-state index < -0.39 is 11.9 Å². The van der Waals surface area contributed by atoms with E-state index >= 15 is 0 Å². The molecule has 1 rings (SSSR count). The molecule has 0 aliphatic heterocycles. The van der Waals surface area contributed by atoms with Crippen LogP contribution in [0.1, 0.15) is 21.7 Å². The Hall–Kier alpha value is -1.78. The van der Waals surface area contributed by atoms with Crippen molar-refractivity contribution in [3.05, 3.63) is 23.0 Å². The minimum atomic E-state index is -1.07. The van der Waals surface area contributed by atoms with Crippen molar-refractivity contribution in [1.29, 1.82) is 0 Å². The van der Waals surface area contributed by atoms with E-state index in [4.69, 9.17) is 10.2 Å². The molecule has 0 aromatic carbocycles. The van der Waals surface area contributed by atoms with Crippen LogP contribution in [0.15, 0.2) is 6.07 Å². The highest BCUT2D eigenvalue weighted by molar-refractivity contribution is 5.87. The van der Waals surface area contributed by atoms with Crippen LogP contribution < -0.4 is 0 Å². The smallest absolute Gasteiger partial charge is 0.352 e. The lowest BCUT2D eigenvalue weighted by Crippen LogP contribution is -2.02. The molecule has 0 aliphatic rings. The number of aromatic carboxylic acids is 1. The van der Waals surface area contributed by atoms with Crippen molar-refractivity contribution < 1.29 is 19.8 Å². The van der Waals surface area contributed by atoms with Gasteiger partial charge in [0.05, 0.1) is 6.42 Å². The van der Waals surface area contributed by atoms with E-state index in [0.29, 0.717) is 11.3 Å². The topological polar surface area (TPSA) is 90.4 Å². The summed E-state index contributed by atoms with van der Waals surface area (Å²) in [6.07, 6.45) is -0.186.